The largest absolute Gasteiger partial charge is 0.458 e. The summed E-state index contributed by atoms with van der Waals surface area (Å²) in [4.78, 5) is 52.6. The lowest BCUT2D eigenvalue weighted by atomic mass is 9.86. The highest BCUT2D eigenvalue weighted by atomic mass is 16.8. The molecule has 3 aliphatic rings. The summed E-state index contributed by atoms with van der Waals surface area (Å²) in [7, 11) is 0. The maximum absolute atomic E-state index is 14.0. The lowest BCUT2D eigenvalue weighted by molar-refractivity contribution is -0.372. The van der Waals surface area contributed by atoms with Crippen LogP contribution >= 0.6 is 0 Å². The van der Waals surface area contributed by atoms with Gasteiger partial charge in [0.05, 0.1) is 0 Å². The number of allylic oxidation sites excluding steroid dienone is 1. The number of esters is 4. The van der Waals surface area contributed by atoms with Gasteiger partial charge in [0.25, 0.3) is 0 Å². The van der Waals surface area contributed by atoms with E-state index in [9.17, 15) is 24.3 Å². The molecule has 49 heavy (non-hydrogen) atoms. The van der Waals surface area contributed by atoms with E-state index < -0.39 is 71.4 Å². The number of aliphatic hydroxyl groups is 1. The third kappa shape index (κ3) is 8.44. The van der Waals surface area contributed by atoms with E-state index >= 15 is 0 Å². The molecule has 3 bridgehead atoms. The summed E-state index contributed by atoms with van der Waals surface area (Å²) in [6.45, 7) is 18.6. The minimum Gasteiger partial charge on any atom is -0.458 e. The second-order valence-electron chi connectivity index (χ2n) is 14.8. The summed E-state index contributed by atoms with van der Waals surface area (Å²) in [5, 5.41) is 11.6. The molecule has 11 nitrogen and oxygen atoms in total. The van der Waals surface area contributed by atoms with Gasteiger partial charge in [-0.1, -0.05) is 77.1 Å². The zero-order chi connectivity index (χ0) is 36.3. The number of carbonyl (C=O) groups is 4. The van der Waals surface area contributed by atoms with Crippen molar-refractivity contribution in [1.29, 1.82) is 0 Å². The Kier molecular flexibility index (Phi) is 11.8. The number of hydrogen-bond acceptors (Lipinski definition) is 11. The summed E-state index contributed by atoms with van der Waals surface area (Å²) in [6, 6.07) is 9.76. The fourth-order valence-electron chi connectivity index (χ4n) is 6.88. The number of benzene rings is 1. The number of fused-ring (bicyclic) bond motifs is 2. The average Bonchev–Trinajstić information content (AvgIpc) is 3.22. The van der Waals surface area contributed by atoms with Crippen LogP contribution in [0, 0.1) is 17.8 Å². The van der Waals surface area contributed by atoms with Gasteiger partial charge in [0.2, 0.25) is 11.4 Å². The predicted octanol–water partition coefficient (Wildman–Crippen LogP) is 5.17. The normalized spacial score (nSPS) is 29.9. The first-order valence-electron chi connectivity index (χ1n) is 17.2. The first-order valence-corrected chi connectivity index (χ1v) is 17.2. The molecule has 270 valence electrons. The van der Waals surface area contributed by atoms with Gasteiger partial charge >= 0.3 is 23.9 Å². The van der Waals surface area contributed by atoms with Crippen molar-refractivity contribution < 1.29 is 52.7 Å². The van der Waals surface area contributed by atoms with Gasteiger partial charge in [0, 0.05) is 25.3 Å². The van der Waals surface area contributed by atoms with Crippen LogP contribution in [0.15, 0.2) is 54.6 Å². The minimum atomic E-state index is -2.34. The van der Waals surface area contributed by atoms with E-state index in [0.29, 0.717) is 17.9 Å². The summed E-state index contributed by atoms with van der Waals surface area (Å²) >= 11 is 0. The molecule has 1 N–H and O–H groups in total. The van der Waals surface area contributed by atoms with E-state index in [4.69, 9.17) is 28.4 Å². The highest BCUT2D eigenvalue weighted by Crippen LogP contribution is 2.56. The molecule has 3 heterocycles. The number of aliphatic hydroxyl groups excluding tert-OH is 1. The molecule has 4 unspecified atom stereocenters. The average molecular weight is 685 g/mol. The van der Waals surface area contributed by atoms with Crippen molar-refractivity contribution in [3.8, 4) is 0 Å². The second kappa shape index (κ2) is 15.1. The molecule has 1 aromatic carbocycles. The quantitative estimate of drug-likeness (QED) is 0.113. The number of carbonyl (C=O) groups excluding carboxylic acids is 4. The smallest absolute Gasteiger partial charge is 0.346 e. The van der Waals surface area contributed by atoms with Crippen LogP contribution in [0.3, 0.4) is 0 Å². The molecule has 4 rings (SSSR count). The van der Waals surface area contributed by atoms with Crippen molar-refractivity contribution in [2.45, 2.75) is 135 Å². The molecular weight excluding hydrogens is 632 g/mol. The van der Waals surface area contributed by atoms with Crippen LogP contribution in [0.2, 0.25) is 0 Å². The van der Waals surface area contributed by atoms with E-state index in [0.717, 1.165) is 18.4 Å². The van der Waals surface area contributed by atoms with Crippen LogP contribution in [-0.2, 0) is 54.0 Å². The fourth-order valence-corrected chi connectivity index (χ4v) is 6.88. The molecule has 0 aliphatic carbocycles. The van der Waals surface area contributed by atoms with Crippen molar-refractivity contribution in [3.63, 3.8) is 0 Å². The van der Waals surface area contributed by atoms with Gasteiger partial charge in [-0.2, -0.15) is 0 Å². The highest BCUT2D eigenvalue weighted by molar-refractivity contribution is 5.89. The van der Waals surface area contributed by atoms with E-state index in [1.807, 2.05) is 44.2 Å². The van der Waals surface area contributed by atoms with Gasteiger partial charge in [-0.25, -0.2) is 14.4 Å². The Morgan fingerprint density at radius 2 is 1.80 bits per heavy atom. The Hall–Kier alpha value is -3.54. The number of hydrogen-bond donors (Lipinski definition) is 1. The SMILES string of the molecule is C=C(CC[C@@]12O[C@H]3C(=O)O[C@@H]1[C@@H](OC(=O)/C=C/C(C)CC(C)CC)[C@@](C(=O)OC(C)(C)C)(O2)[C@H]3O)C(OC(C)=O)C(C)Cc1ccccc1. The molecular formula is C38H52O11. The summed E-state index contributed by atoms with van der Waals surface area (Å²) in [5.74, 6) is -4.69. The second-order valence-corrected chi connectivity index (χ2v) is 14.8. The van der Waals surface area contributed by atoms with E-state index in [1.165, 1.54) is 13.0 Å². The minimum absolute atomic E-state index is 0.0385. The fraction of sp³-hybridized carbons (Fsp3) is 0.632. The van der Waals surface area contributed by atoms with E-state index in [1.54, 1.807) is 26.8 Å². The topological polar surface area (TPSA) is 144 Å². The Labute approximate surface area is 289 Å². The molecule has 11 heteroatoms. The van der Waals surface area contributed by atoms with Crippen LogP contribution in [0.25, 0.3) is 0 Å². The standard InChI is InChI=1S/C38H52O11/c1-10-22(2)20-23(3)16-17-28(40)45-33-32-37(19-18-24(4)29(44-26(6)39)25(5)21-27-14-12-11-13-15-27)47-30(34(42)46-32)31(41)38(33,49-37)35(43)48-36(7,8)9/h11-17,22-23,25,29-33,41H,4,10,18-21H2,1-3,5-9H3/b17-16+/t22?,23?,25?,29?,30-,31+,32-,33-,37+,38+/m1/s1. The molecule has 0 radical (unpaired) electrons. The van der Waals surface area contributed by atoms with Crippen LogP contribution in [-0.4, -0.2) is 76.5 Å². The first kappa shape index (κ1) is 38.3. The third-order valence-electron chi connectivity index (χ3n) is 9.40. The van der Waals surface area contributed by atoms with Gasteiger partial charge in [0.15, 0.2) is 18.3 Å². The Balaban J connectivity index is 1.64. The van der Waals surface area contributed by atoms with Crippen molar-refractivity contribution in [2.24, 2.45) is 17.8 Å². The highest BCUT2D eigenvalue weighted by Gasteiger charge is 2.81. The van der Waals surface area contributed by atoms with Gasteiger partial charge in [-0.05, 0) is 63.0 Å². The number of rotatable bonds is 15. The molecule has 1 aromatic rings. The monoisotopic (exact) mass is 684 g/mol. The van der Waals surface area contributed by atoms with Crippen LogP contribution in [0.1, 0.15) is 86.6 Å². The van der Waals surface area contributed by atoms with E-state index in [-0.39, 0.29) is 24.7 Å². The molecule has 3 fully saturated rings. The molecule has 10 atom stereocenters. The number of ether oxygens (including phenoxy) is 6. The lowest BCUT2D eigenvalue weighted by Crippen LogP contribution is -2.68. The maximum Gasteiger partial charge on any atom is 0.346 e. The van der Waals surface area contributed by atoms with Gasteiger partial charge < -0.3 is 33.5 Å². The maximum atomic E-state index is 14.0. The van der Waals surface area contributed by atoms with Gasteiger partial charge in [-0.15, -0.1) is 0 Å². The van der Waals surface area contributed by atoms with Crippen molar-refractivity contribution >= 4 is 23.9 Å². The first-order chi connectivity index (χ1) is 22.9. The van der Waals surface area contributed by atoms with Crippen molar-refractivity contribution in [2.75, 3.05) is 0 Å². The summed E-state index contributed by atoms with van der Waals surface area (Å²) in [6.07, 6.45) is -1.71. The molecule has 3 aliphatic heterocycles. The molecule has 3 saturated heterocycles. The van der Waals surface area contributed by atoms with Crippen molar-refractivity contribution in [3.05, 3.63) is 60.2 Å². The zero-order valence-corrected chi connectivity index (χ0v) is 29.9. The van der Waals surface area contributed by atoms with Crippen LogP contribution < -0.4 is 0 Å². The predicted molar refractivity (Wildman–Crippen MR) is 179 cm³/mol. The molecule has 0 saturated carbocycles. The van der Waals surface area contributed by atoms with Crippen LogP contribution in [0.4, 0.5) is 0 Å². The van der Waals surface area contributed by atoms with Gasteiger partial charge in [0.1, 0.15) is 17.8 Å². The summed E-state index contributed by atoms with van der Waals surface area (Å²) < 4.78 is 35.6. The molecule has 0 aromatic heterocycles. The molecule has 0 amide bonds. The van der Waals surface area contributed by atoms with Crippen molar-refractivity contribution in [1.82, 2.24) is 0 Å². The Bertz CT molecular complexity index is 1410. The zero-order valence-electron chi connectivity index (χ0n) is 29.9. The summed E-state index contributed by atoms with van der Waals surface area (Å²) in [5.41, 5.74) is -1.77. The Morgan fingerprint density at radius 1 is 1.12 bits per heavy atom. The molecule has 0 spiro atoms. The van der Waals surface area contributed by atoms with Crippen LogP contribution in [0.5, 0.6) is 0 Å². The van der Waals surface area contributed by atoms with E-state index in [2.05, 4.69) is 20.4 Å². The third-order valence-corrected chi connectivity index (χ3v) is 9.40. The lowest BCUT2D eigenvalue weighted by Gasteiger charge is -2.47. The van der Waals surface area contributed by atoms with Gasteiger partial charge in [-0.3, -0.25) is 4.79 Å². The Morgan fingerprint density at radius 3 is 2.41 bits per heavy atom.